The largest absolute Gasteiger partial charge is 0.496 e. The minimum atomic E-state index is -0.753. The number of aliphatic carboxylic acids is 1. The Morgan fingerprint density at radius 1 is 1.50 bits per heavy atom. The van der Waals surface area contributed by atoms with Gasteiger partial charge in [0.25, 0.3) is 0 Å². The number of benzene rings is 1. The molecule has 0 bridgehead atoms. The number of methoxy groups -OCH3 is 1. The highest BCUT2D eigenvalue weighted by atomic mass is 35.5. The Bertz CT molecular complexity index is 516. The van der Waals surface area contributed by atoms with Crippen molar-refractivity contribution in [3.8, 4) is 5.75 Å². The van der Waals surface area contributed by atoms with Crippen LogP contribution in [0.4, 0.5) is 0 Å². The molecule has 1 aromatic carbocycles. The van der Waals surface area contributed by atoms with E-state index in [1.54, 1.807) is 7.11 Å². The van der Waals surface area contributed by atoms with E-state index in [9.17, 15) is 4.79 Å². The Kier molecular flexibility index (Phi) is 4.55. The summed E-state index contributed by atoms with van der Waals surface area (Å²) in [6.07, 6.45) is 0.579. The van der Waals surface area contributed by atoms with Gasteiger partial charge in [0.1, 0.15) is 5.75 Å². The number of carboxylic acids is 1. The first-order valence-corrected chi connectivity index (χ1v) is 7.15. The van der Waals surface area contributed by atoms with E-state index in [1.165, 1.54) is 0 Å². The number of nitrogens with one attached hydrogen (secondary N) is 1. The van der Waals surface area contributed by atoms with E-state index in [1.807, 2.05) is 12.1 Å². The van der Waals surface area contributed by atoms with Crippen LogP contribution in [-0.2, 0) is 4.79 Å². The predicted molar refractivity (Wildman–Crippen MR) is 78.6 cm³/mol. The lowest BCUT2D eigenvalue weighted by molar-refractivity contribution is -0.141. The third-order valence-corrected chi connectivity index (χ3v) is 4.11. The van der Waals surface area contributed by atoms with E-state index < -0.39 is 5.97 Å². The zero-order valence-corrected chi connectivity index (χ0v) is 12.7. The quantitative estimate of drug-likeness (QED) is 0.896. The minimum absolute atomic E-state index is 0.0173. The maximum atomic E-state index is 11.0. The van der Waals surface area contributed by atoms with E-state index in [-0.39, 0.29) is 17.9 Å². The van der Waals surface area contributed by atoms with E-state index in [0.717, 1.165) is 16.9 Å². The predicted octanol–water partition coefficient (Wildman–Crippen LogP) is 3.21. The van der Waals surface area contributed by atoms with Gasteiger partial charge in [0, 0.05) is 23.2 Å². The van der Waals surface area contributed by atoms with Crippen LogP contribution in [0.3, 0.4) is 0 Å². The number of carbonyl (C=O) groups is 1. The van der Waals surface area contributed by atoms with E-state index in [0.29, 0.717) is 18.0 Å². The third-order valence-electron chi connectivity index (χ3n) is 3.79. The number of hydrogen-bond acceptors (Lipinski definition) is 3. The Hall–Kier alpha value is -1.26. The summed E-state index contributed by atoms with van der Waals surface area (Å²) >= 11 is 6.36. The summed E-state index contributed by atoms with van der Waals surface area (Å²) < 4.78 is 5.43. The molecule has 2 unspecified atom stereocenters. The van der Waals surface area contributed by atoms with Crippen LogP contribution in [0, 0.1) is 5.92 Å². The van der Waals surface area contributed by atoms with Gasteiger partial charge in [-0.2, -0.15) is 0 Å². The number of carboxylic acid groups (broad SMARTS) is 1. The number of rotatable bonds is 4. The van der Waals surface area contributed by atoms with Gasteiger partial charge in [0.05, 0.1) is 13.0 Å². The molecule has 4 nitrogen and oxygen atoms in total. The molecule has 0 saturated carbocycles. The van der Waals surface area contributed by atoms with Crippen LogP contribution in [0.2, 0.25) is 5.02 Å². The molecule has 5 heteroatoms. The summed E-state index contributed by atoms with van der Waals surface area (Å²) in [4.78, 5) is 11.0. The third kappa shape index (κ3) is 2.91. The van der Waals surface area contributed by atoms with Gasteiger partial charge < -0.3 is 15.2 Å². The Morgan fingerprint density at radius 2 is 2.20 bits per heavy atom. The average Bonchev–Trinajstić information content (AvgIpc) is 2.86. The average molecular weight is 298 g/mol. The van der Waals surface area contributed by atoms with Crippen LogP contribution in [0.1, 0.15) is 43.4 Å². The lowest BCUT2D eigenvalue weighted by atomic mass is 9.95. The van der Waals surface area contributed by atoms with Gasteiger partial charge >= 0.3 is 5.97 Å². The molecule has 2 atom stereocenters. The molecule has 1 aliphatic rings. The molecule has 1 fully saturated rings. The molecule has 110 valence electrons. The summed E-state index contributed by atoms with van der Waals surface area (Å²) in [5.74, 6) is -0.0516. The summed E-state index contributed by atoms with van der Waals surface area (Å²) in [5.41, 5.74) is 1.98. The molecule has 0 spiro atoms. The van der Waals surface area contributed by atoms with Crippen LogP contribution < -0.4 is 10.1 Å². The van der Waals surface area contributed by atoms with Gasteiger partial charge in [0.15, 0.2) is 0 Å². The van der Waals surface area contributed by atoms with Gasteiger partial charge in [-0.1, -0.05) is 25.4 Å². The highest BCUT2D eigenvalue weighted by Crippen LogP contribution is 2.38. The molecule has 1 heterocycles. The molecular formula is C15H20ClNO3. The van der Waals surface area contributed by atoms with Gasteiger partial charge in [-0.15, -0.1) is 0 Å². The first-order valence-electron chi connectivity index (χ1n) is 6.77. The zero-order chi connectivity index (χ0) is 14.9. The Labute approximate surface area is 124 Å². The van der Waals surface area contributed by atoms with Crippen molar-refractivity contribution < 1.29 is 14.6 Å². The first-order chi connectivity index (χ1) is 9.43. The van der Waals surface area contributed by atoms with Crippen LogP contribution in [-0.4, -0.2) is 24.7 Å². The van der Waals surface area contributed by atoms with Crippen molar-refractivity contribution in [3.05, 3.63) is 28.3 Å². The maximum Gasteiger partial charge on any atom is 0.307 e. The molecule has 0 aromatic heterocycles. The summed E-state index contributed by atoms with van der Waals surface area (Å²) in [6.45, 7) is 4.63. The molecule has 2 rings (SSSR count). The number of hydrogen-bond donors (Lipinski definition) is 2. The van der Waals surface area contributed by atoms with Crippen LogP contribution in [0.25, 0.3) is 0 Å². The molecule has 1 aromatic rings. The molecule has 2 N–H and O–H groups in total. The molecule has 1 saturated heterocycles. The van der Waals surface area contributed by atoms with Crippen molar-refractivity contribution in [2.24, 2.45) is 5.92 Å². The fraction of sp³-hybridized carbons (Fsp3) is 0.533. The highest BCUT2D eigenvalue weighted by molar-refractivity contribution is 6.31. The fourth-order valence-corrected chi connectivity index (χ4v) is 3.16. The van der Waals surface area contributed by atoms with Crippen LogP contribution in [0.15, 0.2) is 12.1 Å². The number of ether oxygens (including phenoxy) is 1. The Balaban J connectivity index is 2.30. The van der Waals surface area contributed by atoms with Crippen LogP contribution >= 0.6 is 11.6 Å². The van der Waals surface area contributed by atoms with Gasteiger partial charge in [0.2, 0.25) is 0 Å². The van der Waals surface area contributed by atoms with Crippen molar-refractivity contribution in [2.75, 3.05) is 13.7 Å². The monoisotopic (exact) mass is 297 g/mol. The van der Waals surface area contributed by atoms with E-state index >= 15 is 0 Å². The Morgan fingerprint density at radius 3 is 2.70 bits per heavy atom. The second kappa shape index (κ2) is 6.02. The molecule has 1 aliphatic heterocycles. The standard InChI is InChI=1S/C15H20ClNO3/c1-8(2)14-11(16)4-9(6-13(14)20-3)12-5-10(7-17-12)15(18)19/h4,6,8,10,12,17H,5,7H2,1-3H3,(H,18,19). The van der Waals surface area contributed by atoms with E-state index in [2.05, 4.69) is 19.2 Å². The smallest absolute Gasteiger partial charge is 0.307 e. The second-order valence-corrected chi connectivity index (χ2v) is 5.91. The van der Waals surface area contributed by atoms with Gasteiger partial charge in [-0.25, -0.2) is 0 Å². The number of halogens is 1. The topological polar surface area (TPSA) is 58.6 Å². The minimum Gasteiger partial charge on any atom is -0.496 e. The van der Waals surface area contributed by atoms with Crippen molar-refractivity contribution >= 4 is 17.6 Å². The molecule has 0 amide bonds. The first kappa shape index (κ1) is 15.1. The fourth-order valence-electron chi connectivity index (χ4n) is 2.72. The van der Waals surface area contributed by atoms with Crippen molar-refractivity contribution in [3.63, 3.8) is 0 Å². The van der Waals surface area contributed by atoms with Crippen LogP contribution in [0.5, 0.6) is 5.75 Å². The summed E-state index contributed by atoms with van der Waals surface area (Å²) in [5, 5.41) is 13.0. The van der Waals surface area contributed by atoms with Crippen molar-refractivity contribution in [1.82, 2.24) is 5.32 Å². The summed E-state index contributed by atoms with van der Waals surface area (Å²) in [7, 11) is 1.63. The summed E-state index contributed by atoms with van der Waals surface area (Å²) in [6, 6.07) is 3.90. The van der Waals surface area contributed by atoms with Crippen molar-refractivity contribution in [1.29, 1.82) is 0 Å². The van der Waals surface area contributed by atoms with Gasteiger partial charge in [-0.3, -0.25) is 4.79 Å². The highest BCUT2D eigenvalue weighted by Gasteiger charge is 2.31. The van der Waals surface area contributed by atoms with Gasteiger partial charge in [-0.05, 0) is 30.0 Å². The second-order valence-electron chi connectivity index (χ2n) is 5.51. The molecule has 0 radical (unpaired) electrons. The van der Waals surface area contributed by atoms with Crippen molar-refractivity contribution in [2.45, 2.75) is 32.2 Å². The zero-order valence-electron chi connectivity index (χ0n) is 11.9. The normalized spacial score (nSPS) is 22.2. The SMILES string of the molecule is COc1cc(C2CC(C(=O)O)CN2)cc(Cl)c1C(C)C. The molecule has 20 heavy (non-hydrogen) atoms. The molecule has 0 aliphatic carbocycles. The lowest BCUT2D eigenvalue weighted by Crippen LogP contribution is -2.17. The van der Waals surface area contributed by atoms with E-state index in [4.69, 9.17) is 21.4 Å². The lowest BCUT2D eigenvalue weighted by Gasteiger charge is -2.18. The molecular weight excluding hydrogens is 278 g/mol. The maximum absolute atomic E-state index is 11.0.